The zero-order valence-electron chi connectivity index (χ0n) is 10.4. The average Bonchev–Trinajstić information content (AvgIpc) is 2.15. The first-order valence-corrected chi connectivity index (χ1v) is 6.50. The molecule has 0 aromatic carbocycles. The third kappa shape index (κ3) is 12.0. The molecule has 86 valence electrons. The van der Waals surface area contributed by atoms with E-state index in [9.17, 15) is 0 Å². The van der Waals surface area contributed by atoms with E-state index in [0.717, 1.165) is 0 Å². The molecule has 0 radical (unpaired) electrons. The number of nitrogens with one attached hydrogen (secondary N) is 1. The molecule has 0 saturated heterocycles. The molecule has 0 aliphatic carbocycles. The molecule has 0 aromatic rings. The summed E-state index contributed by atoms with van der Waals surface area (Å²) in [5.74, 6) is 0. The summed E-state index contributed by atoms with van der Waals surface area (Å²) in [6.45, 7) is 7.90. The summed E-state index contributed by atoms with van der Waals surface area (Å²) in [4.78, 5) is 0. The Hall–Kier alpha value is -0.0400. The topological polar surface area (TPSA) is 12.0 Å². The molecule has 0 unspecified atom stereocenters. The highest BCUT2D eigenvalue weighted by Crippen LogP contribution is 2.07. The minimum absolute atomic E-state index is 0.652. The van der Waals surface area contributed by atoms with E-state index in [1.165, 1.54) is 57.9 Å². The van der Waals surface area contributed by atoms with Crippen molar-refractivity contribution in [3.63, 3.8) is 0 Å². The van der Waals surface area contributed by atoms with Gasteiger partial charge < -0.3 is 5.32 Å². The number of hydrogen-bond acceptors (Lipinski definition) is 1. The summed E-state index contributed by atoms with van der Waals surface area (Å²) < 4.78 is 0. The van der Waals surface area contributed by atoms with Gasteiger partial charge in [-0.3, -0.25) is 0 Å². The van der Waals surface area contributed by atoms with Gasteiger partial charge in [0.25, 0.3) is 0 Å². The van der Waals surface area contributed by atoms with Gasteiger partial charge in [-0.25, -0.2) is 0 Å². The molecule has 0 saturated carbocycles. The molecule has 0 aliphatic rings. The molecule has 0 aromatic heterocycles. The Morgan fingerprint density at radius 2 is 1.29 bits per heavy atom. The van der Waals surface area contributed by atoms with Crippen LogP contribution in [0.15, 0.2) is 0 Å². The van der Waals surface area contributed by atoms with Crippen LogP contribution in [-0.2, 0) is 0 Å². The molecule has 0 atom stereocenters. The first kappa shape index (κ1) is 14.0. The first-order chi connectivity index (χ1) is 6.77. The number of unbranched alkanes of at least 4 members (excludes halogenated alkanes) is 7. The maximum Gasteiger partial charge on any atom is 0.00103 e. The van der Waals surface area contributed by atoms with E-state index in [0.29, 0.717) is 6.04 Å². The van der Waals surface area contributed by atoms with Crippen LogP contribution in [0.5, 0.6) is 0 Å². The first-order valence-electron chi connectivity index (χ1n) is 6.50. The van der Waals surface area contributed by atoms with Crippen molar-refractivity contribution in [3.8, 4) is 0 Å². The number of hydrogen-bond donors (Lipinski definition) is 1. The van der Waals surface area contributed by atoms with Gasteiger partial charge in [-0.05, 0) is 13.0 Å². The maximum absolute atomic E-state index is 3.46. The zero-order valence-corrected chi connectivity index (χ0v) is 10.4. The lowest BCUT2D eigenvalue weighted by Gasteiger charge is -2.07. The standard InChI is InChI=1S/C13H29N/c1-4-5-6-7-8-9-10-11-12-14-13(2)3/h13-14H,4-12H2,1-3H3. The predicted molar refractivity (Wildman–Crippen MR) is 65.7 cm³/mol. The molecule has 14 heavy (non-hydrogen) atoms. The van der Waals surface area contributed by atoms with Crippen molar-refractivity contribution in [2.45, 2.75) is 78.2 Å². The molecule has 1 heteroatoms. The SMILES string of the molecule is CCCCCCCCCCNC(C)C. The van der Waals surface area contributed by atoms with Crippen molar-refractivity contribution >= 4 is 0 Å². The van der Waals surface area contributed by atoms with Crippen LogP contribution >= 0.6 is 0 Å². The molecule has 0 aliphatic heterocycles. The van der Waals surface area contributed by atoms with E-state index in [4.69, 9.17) is 0 Å². The molecule has 0 bridgehead atoms. The lowest BCUT2D eigenvalue weighted by atomic mass is 10.1. The highest BCUT2D eigenvalue weighted by molar-refractivity contribution is 4.53. The second kappa shape index (κ2) is 11.0. The summed E-state index contributed by atoms with van der Waals surface area (Å²) in [5.41, 5.74) is 0. The molecule has 1 N–H and O–H groups in total. The van der Waals surface area contributed by atoms with E-state index in [2.05, 4.69) is 26.1 Å². The number of rotatable bonds is 10. The van der Waals surface area contributed by atoms with E-state index >= 15 is 0 Å². The van der Waals surface area contributed by atoms with Gasteiger partial charge in [-0.1, -0.05) is 65.7 Å². The second-order valence-corrected chi connectivity index (χ2v) is 4.58. The highest BCUT2D eigenvalue weighted by atomic mass is 14.9. The zero-order chi connectivity index (χ0) is 10.6. The Labute approximate surface area is 90.7 Å². The summed E-state index contributed by atoms with van der Waals surface area (Å²) in [6.07, 6.45) is 11.3. The van der Waals surface area contributed by atoms with Crippen molar-refractivity contribution in [1.82, 2.24) is 5.32 Å². The summed E-state index contributed by atoms with van der Waals surface area (Å²) >= 11 is 0. The molecule has 1 nitrogen and oxygen atoms in total. The van der Waals surface area contributed by atoms with Crippen molar-refractivity contribution in [3.05, 3.63) is 0 Å². The minimum atomic E-state index is 0.652. The van der Waals surface area contributed by atoms with Crippen LogP contribution < -0.4 is 5.32 Å². The van der Waals surface area contributed by atoms with Crippen molar-refractivity contribution in [1.29, 1.82) is 0 Å². The molecule has 0 heterocycles. The molecule has 0 spiro atoms. The van der Waals surface area contributed by atoms with E-state index in [-0.39, 0.29) is 0 Å². The predicted octanol–water partition coefficient (Wildman–Crippen LogP) is 4.13. The van der Waals surface area contributed by atoms with Crippen LogP contribution in [-0.4, -0.2) is 12.6 Å². The van der Waals surface area contributed by atoms with Crippen LogP contribution in [0.3, 0.4) is 0 Å². The largest absolute Gasteiger partial charge is 0.315 e. The molecule has 0 fully saturated rings. The summed E-state index contributed by atoms with van der Waals surface area (Å²) in [6, 6.07) is 0.652. The van der Waals surface area contributed by atoms with Crippen LogP contribution in [0.2, 0.25) is 0 Å². The lowest BCUT2D eigenvalue weighted by molar-refractivity contribution is 0.528. The highest BCUT2D eigenvalue weighted by Gasteiger charge is 1.93. The fraction of sp³-hybridized carbons (Fsp3) is 1.00. The molecule has 0 rings (SSSR count). The third-order valence-electron chi connectivity index (χ3n) is 2.58. The van der Waals surface area contributed by atoms with Gasteiger partial charge in [0.15, 0.2) is 0 Å². The molecular weight excluding hydrogens is 170 g/mol. The van der Waals surface area contributed by atoms with Gasteiger partial charge in [0, 0.05) is 6.04 Å². The van der Waals surface area contributed by atoms with Crippen molar-refractivity contribution < 1.29 is 0 Å². The molecular formula is C13H29N. The van der Waals surface area contributed by atoms with Gasteiger partial charge in [-0.15, -0.1) is 0 Å². The Bertz CT molecular complexity index is 99.4. The van der Waals surface area contributed by atoms with Crippen molar-refractivity contribution in [2.24, 2.45) is 0 Å². The normalized spacial score (nSPS) is 11.1. The van der Waals surface area contributed by atoms with Gasteiger partial charge in [0.2, 0.25) is 0 Å². The average molecular weight is 199 g/mol. The van der Waals surface area contributed by atoms with Gasteiger partial charge in [0.1, 0.15) is 0 Å². The third-order valence-corrected chi connectivity index (χ3v) is 2.58. The quantitative estimate of drug-likeness (QED) is 0.522. The summed E-state index contributed by atoms with van der Waals surface area (Å²) in [7, 11) is 0. The Balaban J connectivity index is 2.85. The summed E-state index contributed by atoms with van der Waals surface area (Å²) in [5, 5.41) is 3.46. The van der Waals surface area contributed by atoms with Gasteiger partial charge in [0.05, 0.1) is 0 Å². The maximum atomic E-state index is 3.46. The van der Waals surface area contributed by atoms with Crippen LogP contribution in [0.4, 0.5) is 0 Å². The van der Waals surface area contributed by atoms with E-state index < -0.39 is 0 Å². The minimum Gasteiger partial charge on any atom is -0.315 e. The van der Waals surface area contributed by atoms with E-state index in [1.807, 2.05) is 0 Å². The Morgan fingerprint density at radius 1 is 0.786 bits per heavy atom. The molecule has 0 amide bonds. The lowest BCUT2D eigenvalue weighted by Crippen LogP contribution is -2.23. The van der Waals surface area contributed by atoms with Gasteiger partial charge in [-0.2, -0.15) is 0 Å². The Morgan fingerprint density at radius 3 is 1.79 bits per heavy atom. The van der Waals surface area contributed by atoms with Crippen LogP contribution in [0.1, 0.15) is 72.1 Å². The van der Waals surface area contributed by atoms with Crippen LogP contribution in [0, 0.1) is 0 Å². The van der Waals surface area contributed by atoms with Crippen molar-refractivity contribution in [2.75, 3.05) is 6.54 Å². The monoisotopic (exact) mass is 199 g/mol. The fourth-order valence-electron chi connectivity index (χ4n) is 1.65. The Kier molecular flexibility index (Phi) is 11.0. The van der Waals surface area contributed by atoms with Gasteiger partial charge >= 0.3 is 0 Å². The smallest absolute Gasteiger partial charge is 0.00103 e. The van der Waals surface area contributed by atoms with E-state index in [1.54, 1.807) is 0 Å². The fourth-order valence-corrected chi connectivity index (χ4v) is 1.65. The second-order valence-electron chi connectivity index (χ2n) is 4.58. The van der Waals surface area contributed by atoms with Crippen LogP contribution in [0.25, 0.3) is 0 Å².